The topological polar surface area (TPSA) is 26.3 Å². The third-order valence-electron chi connectivity index (χ3n) is 0.605. The summed E-state index contributed by atoms with van der Waals surface area (Å²) >= 11 is 0. The Kier molecular flexibility index (Phi) is 4.61. The van der Waals surface area contributed by atoms with Gasteiger partial charge in [-0.05, 0) is 20.3 Å². The normalized spacial score (nSPS) is 7.33. The summed E-state index contributed by atoms with van der Waals surface area (Å²) in [5, 5.41) is 0. The van der Waals surface area contributed by atoms with Crippen LogP contribution in [0.3, 0.4) is 0 Å². The van der Waals surface area contributed by atoms with Gasteiger partial charge in [-0.2, -0.15) is 0 Å². The predicted molar refractivity (Wildman–Crippen MR) is 34.4 cm³/mol. The Balaban J connectivity index is 3.35. The maximum Gasteiger partial charge on any atom is 0.384 e. The lowest BCUT2D eigenvalue weighted by Gasteiger charge is -1.93. The third kappa shape index (κ3) is 4.89. The van der Waals surface area contributed by atoms with Crippen LogP contribution in [0, 0.1) is 18.8 Å². The largest absolute Gasteiger partial charge is 0.456 e. The van der Waals surface area contributed by atoms with Crippen molar-refractivity contribution in [3.63, 3.8) is 0 Å². The van der Waals surface area contributed by atoms with E-state index < -0.39 is 5.97 Å². The molecule has 0 aromatic heterocycles. The molecule has 2 nitrogen and oxygen atoms in total. The fraction of sp³-hybridized carbons (Fsp3) is 0.429. The van der Waals surface area contributed by atoms with Crippen LogP contribution in [0.4, 0.5) is 0 Å². The van der Waals surface area contributed by atoms with Gasteiger partial charge in [0, 0.05) is 5.92 Å². The second-order valence-corrected chi connectivity index (χ2v) is 1.36. The van der Waals surface area contributed by atoms with E-state index in [1.807, 2.05) is 0 Å². The lowest BCUT2D eigenvalue weighted by molar-refractivity contribution is -0.136. The number of hydrogen-bond donors (Lipinski definition) is 0. The molecule has 0 aromatic carbocycles. The zero-order chi connectivity index (χ0) is 7.11. The molecule has 0 bridgehead atoms. The minimum atomic E-state index is -0.471. The molecule has 0 aliphatic carbocycles. The zero-order valence-corrected chi connectivity index (χ0v) is 5.44. The first kappa shape index (κ1) is 8.03. The lowest BCUT2D eigenvalue weighted by atomic mass is 10.5. The van der Waals surface area contributed by atoms with E-state index in [2.05, 4.69) is 23.5 Å². The van der Waals surface area contributed by atoms with E-state index in [9.17, 15) is 4.79 Å². The Hall–Kier alpha value is -0.970. The third-order valence-corrected chi connectivity index (χ3v) is 0.605. The molecule has 1 radical (unpaired) electrons. The highest BCUT2D eigenvalue weighted by Crippen LogP contribution is 1.79. The number of rotatable bonds is 2. The van der Waals surface area contributed by atoms with Gasteiger partial charge in [-0.3, -0.25) is 0 Å². The number of carbonyl (C=O) groups is 1. The molecule has 0 saturated heterocycles. The van der Waals surface area contributed by atoms with Crippen molar-refractivity contribution in [1.29, 1.82) is 0 Å². The van der Waals surface area contributed by atoms with Gasteiger partial charge in [0.25, 0.3) is 0 Å². The molecular formula is C7H9O2. The van der Waals surface area contributed by atoms with Gasteiger partial charge < -0.3 is 4.74 Å². The van der Waals surface area contributed by atoms with Gasteiger partial charge in [0.1, 0.15) is 0 Å². The van der Waals surface area contributed by atoms with Crippen LogP contribution in [0.15, 0.2) is 0 Å². The quantitative estimate of drug-likeness (QED) is 0.309. The molecule has 0 atom stereocenters. The van der Waals surface area contributed by atoms with Crippen LogP contribution in [0.2, 0.25) is 0 Å². The molecule has 0 spiro atoms. The van der Waals surface area contributed by atoms with Gasteiger partial charge >= 0.3 is 5.97 Å². The molecule has 0 amide bonds. The van der Waals surface area contributed by atoms with Crippen molar-refractivity contribution in [3.8, 4) is 11.8 Å². The summed E-state index contributed by atoms with van der Waals surface area (Å²) in [6, 6.07) is 0. The van der Waals surface area contributed by atoms with Crippen molar-refractivity contribution < 1.29 is 9.53 Å². The number of esters is 1. The van der Waals surface area contributed by atoms with Crippen LogP contribution >= 0.6 is 0 Å². The first-order chi connectivity index (χ1) is 4.31. The molecule has 9 heavy (non-hydrogen) atoms. The summed E-state index contributed by atoms with van der Waals surface area (Å²) in [7, 11) is 0. The van der Waals surface area contributed by atoms with E-state index in [4.69, 9.17) is 0 Å². The highest BCUT2D eigenvalue weighted by atomic mass is 16.5. The molecule has 2 heteroatoms. The summed E-state index contributed by atoms with van der Waals surface area (Å²) < 4.78 is 4.56. The van der Waals surface area contributed by atoms with E-state index in [-0.39, 0.29) is 0 Å². The summed E-state index contributed by atoms with van der Waals surface area (Å²) in [6.07, 6.45) is 0.594. The average Bonchev–Trinajstić information content (AvgIpc) is 1.85. The van der Waals surface area contributed by atoms with Crippen molar-refractivity contribution in [2.45, 2.75) is 13.3 Å². The highest BCUT2D eigenvalue weighted by Gasteiger charge is 1.91. The molecule has 0 heterocycles. The minimum absolute atomic E-state index is 0.355. The number of carbonyl (C=O) groups excluding carboxylic acids is 1. The van der Waals surface area contributed by atoms with Gasteiger partial charge in [0.15, 0.2) is 0 Å². The monoisotopic (exact) mass is 125 g/mol. The fourth-order valence-electron chi connectivity index (χ4n) is 0.303. The lowest BCUT2D eigenvalue weighted by Crippen LogP contribution is -2.01. The van der Waals surface area contributed by atoms with Crippen molar-refractivity contribution in [1.82, 2.24) is 0 Å². The molecule has 0 aliphatic heterocycles. The van der Waals surface area contributed by atoms with Crippen molar-refractivity contribution >= 4 is 5.97 Å². The van der Waals surface area contributed by atoms with E-state index in [1.165, 1.54) is 0 Å². The van der Waals surface area contributed by atoms with Gasteiger partial charge in [0.05, 0.1) is 6.61 Å². The Morgan fingerprint density at radius 1 is 1.78 bits per heavy atom. The van der Waals surface area contributed by atoms with Crippen LogP contribution in [-0.2, 0) is 9.53 Å². The maximum absolute atomic E-state index is 10.4. The van der Waals surface area contributed by atoms with Crippen molar-refractivity contribution in [2.24, 2.45) is 0 Å². The predicted octanol–water partition coefficient (Wildman–Crippen LogP) is 0.777. The summed E-state index contributed by atoms with van der Waals surface area (Å²) in [5.41, 5.74) is 0. The minimum Gasteiger partial charge on any atom is -0.456 e. The summed E-state index contributed by atoms with van der Waals surface area (Å²) in [6.45, 7) is 5.44. The first-order valence-corrected chi connectivity index (χ1v) is 2.70. The maximum atomic E-state index is 10.4. The fourth-order valence-corrected chi connectivity index (χ4v) is 0.303. The molecular weight excluding hydrogens is 116 g/mol. The molecule has 0 unspecified atom stereocenters. The molecule has 0 saturated carbocycles. The molecule has 0 N–H and O–H groups in total. The van der Waals surface area contributed by atoms with Crippen LogP contribution in [0.1, 0.15) is 13.3 Å². The Bertz CT molecular complexity index is 139. The Morgan fingerprint density at radius 3 is 2.89 bits per heavy atom. The van der Waals surface area contributed by atoms with Crippen LogP contribution < -0.4 is 0 Å². The zero-order valence-electron chi connectivity index (χ0n) is 5.44. The van der Waals surface area contributed by atoms with Gasteiger partial charge in [-0.1, -0.05) is 5.92 Å². The summed E-state index contributed by atoms with van der Waals surface area (Å²) in [5.74, 6) is 4.20. The molecule has 49 valence electrons. The van der Waals surface area contributed by atoms with Gasteiger partial charge in [0.2, 0.25) is 0 Å². The van der Waals surface area contributed by atoms with E-state index in [0.29, 0.717) is 13.0 Å². The number of ether oxygens (including phenoxy) is 1. The van der Waals surface area contributed by atoms with Gasteiger partial charge in [-0.15, -0.1) is 0 Å². The van der Waals surface area contributed by atoms with Crippen LogP contribution in [0.25, 0.3) is 0 Å². The van der Waals surface area contributed by atoms with Crippen molar-refractivity contribution in [2.75, 3.05) is 6.61 Å². The molecule has 0 aromatic rings. The summed E-state index contributed by atoms with van der Waals surface area (Å²) in [4.78, 5) is 10.4. The average molecular weight is 125 g/mol. The van der Waals surface area contributed by atoms with Gasteiger partial charge in [-0.25, -0.2) is 4.79 Å². The number of hydrogen-bond acceptors (Lipinski definition) is 2. The van der Waals surface area contributed by atoms with Crippen molar-refractivity contribution in [3.05, 3.63) is 6.92 Å². The van der Waals surface area contributed by atoms with Crippen LogP contribution in [0.5, 0.6) is 0 Å². The highest BCUT2D eigenvalue weighted by molar-refractivity contribution is 5.88. The smallest absolute Gasteiger partial charge is 0.384 e. The second kappa shape index (κ2) is 5.17. The molecule has 0 aliphatic rings. The van der Waals surface area contributed by atoms with E-state index in [0.717, 1.165) is 0 Å². The SMILES string of the molecule is [CH2]CCOC(=O)C#CC. The standard InChI is InChI=1S/C7H9O2/c1-3-5-7(8)9-6-4-2/h2,4,6H2,1H3. The first-order valence-electron chi connectivity index (χ1n) is 2.70. The molecule has 0 fully saturated rings. The Morgan fingerprint density at radius 2 is 2.44 bits per heavy atom. The second-order valence-electron chi connectivity index (χ2n) is 1.36. The van der Waals surface area contributed by atoms with E-state index in [1.54, 1.807) is 6.92 Å². The Labute approximate surface area is 55.2 Å². The molecule has 0 rings (SSSR count). The van der Waals surface area contributed by atoms with Crippen LogP contribution in [-0.4, -0.2) is 12.6 Å². The van der Waals surface area contributed by atoms with E-state index >= 15 is 0 Å².